The molecule has 8 heterocycles. The number of pyridine rings is 2. The van der Waals surface area contributed by atoms with E-state index >= 15 is 4.39 Å². The van der Waals surface area contributed by atoms with Crippen LogP contribution in [0, 0.1) is 48.1 Å². The average molecular weight is 2080 g/mol. The number of β-amino-alcohol motifs (C(OH)–C–C–N with tert-alkyl or cyclic N) is 2. The molecule has 14 rings (SSSR count). The first-order valence-electron chi connectivity index (χ1n) is 48.2. The van der Waals surface area contributed by atoms with E-state index in [0.29, 0.717) is 68.6 Å². The number of aliphatic hydroxyl groups excluding tert-OH is 2. The van der Waals surface area contributed by atoms with Crippen LogP contribution in [0.5, 0.6) is 0 Å². The molecule has 0 radical (unpaired) electrons. The third kappa shape index (κ3) is 28.1. The minimum absolute atomic E-state index is 0.0414. The lowest BCUT2D eigenvalue weighted by atomic mass is 9.76. The van der Waals surface area contributed by atoms with Crippen LogP contribution in [0.4, 0.5) is 57.9 Å². The van der Waals surface area contributed by atoms with Crippen LogP contribution in [0.1, 0.15) is 196 Å². The summed E-state index contributed by atoms with van der Waals surface area (Å²) in [5, 5.41) is 41.0. The molecule has 11 N–H and O–H groups in total. The number of aliphatic hydroxyl groups is 2. The second kappa shape index (κ2) is 47.6. The molecule has 4 saturated heterocycles. The van der Waals surface area contributed by atoms with Gasteiger partial charge in [0.15, 0.2) is 5.78 Å². The fraction of sp³-hybridized carbons (Fsp3) is 0.421. The fourth-order valence-corrected chi connectivity index (χ4v) is 20.2. The number of amides is 6. The first kappa shape index (κ1) is 112. The number of likely N-dealkylation sites (tertiary alicyclic amines) is 2. The van der Waals surface area contributed by atoms with Gasteiger partial charge in [-0.05, 0) is 155 Å². The third-order valence-corrected chi connectivity index (χ3v) is 29.3. The maximum absolute atomic E-state index is 16.0. The zero-order valence-electron chi connectivity index (χ0n) is 84.0. The minimum Gasteiger partial charge on any atom is -0.478 e. The molecule has 10 atom stereocenters. The van der Waals surface area contributed by atoms with E-state index in [2.05, 4.69) is 51.0 Å². The van der Waals surface area contributed by atoms with Gasteiger partial charge < -0.3 is 71.9 Å². The van der Waals surface area contributed by atoms with Gasteiger partial charge in [-0.25, -0.2) is 23.5 Å². The van der Waals surface area contributed by atoms with Crippen molar-refractivity contribution in [2.24, 2.45) is 28.4 Å². The highest BCUT2D eigenvalue weighted by atomic mass is 32.1. The number of nitrogens with two attached hydrogens (primary N) is 1. The number of benzene rings is 6. The summed E-state index contributed by atoms with van der Waals surface area (Å²) in [5.41, 5.74) is 8.92. The second-order valence-corrected chi connectivity index (χ2v) is 41.9. The number of aromatic carboxylic acids is 1. The smallest absolute Gasteiger partial charge is 0.417 e. The molecule has 147 heavy (non-hydrogen) atoms. The van der Waals surface area contributed by atoms with Crippen LogP contribution in [0.3, 0.4) is 0 Å². The molecule has 40 heteroatoms. The van der Waals surface area contributed by atoms with Gasteiger partial charge in [-0.1, -0.05) is 120 Å². The molecule has 0 bridgehead atoms. The van der Waals surface area contributed by atoms with Crippen molar-refractivity contribution in [3.05, 3.63) is 245 Å². The van der Waals surface area contributed by atoms with Crippen LogP contribution in [-0.4, -0.2) is 222 Å². The Labute approximate surface area is 853 Å². The van der Waals surface area contributed by atoms with Crippen molar-refractivity contribution in [3.8, 4) is 43.1 Å². The van der Waals surface area contributed by atoms with Crippen molar-refractivity contribution in [1.29, 1.82) is 0 Å². The number of ketones is 3. The molecule has 10 aromatic rings. The molecule has 4 aromatic heterocycles. The molecule has 4 aliphatic rings. The number of thiazole rings is 2. The first-order chi connectivity index (χ1) is 69.1. The van der Waals surface area contributed by atoms with E-state index in [4.69, 9.17) is 10.8 Å². The van der Waals surface area contributed by atoms with Crippen LogP contribution in [0.2, 0.25) is 0 Å². The summed E-state index contributed by atoms with van der Waals surface area (Å²) < 4.78 is 114. The van der Waals surface area contributed by atoms with E-state index in [1.807, 2.05) is 161 Å². The summed E-state index contributed by atoms with van der Waals surface area (Å²) in [7, 11) is 3.96. The van der Waals surface area contributed by atoms with Gasteiger partial charge in [0.1, 0.15) is 35.3 Å². The number of H-pyrrole nitrogens is 2. The van der Waals surface area contributed by atoms with E-state index in [0.717, 1.165) is 55.5 Å². The van der Waals surface area contributed by atoms with Crippen LogP contribution in [-0.2, 0) is 54.2 Å². The normalized spacial score (nSPS) is 18.7. The Morgan fingerprint density at radius 2 is 0.857 bits per heavy atom. The maximum atomic E-state index is 16.0. The monoisotopic (exact) mass is 2070 g/mol. The van der Waals surface area contributed by atoms with E-state index in [9.17, 15) is 98.5 Å². The minimum atomic E-state index is -5.01. The number of rotatable bonds is 30. The highest BCUT2D eigenvalue weighted by Crippen LogP contribution is 2.43. The van der Waals surface area contributed by atoms with E-state index in [-0.39, 0.29) is 170 Å². The first-order valence-corrected chi connectivity index (χ1v) is 50.0. The molecule has 6 aromatic carbocycles. The molecule has 6 amide bonds. The van der Waals surface area contributed by atoms with Crippen LogP contribution in [0.25, 0.3) is 43.1 Å². The van der Waals surface area contributed by atoms with Crippen LogP contribution >= 0.6 is 22.7 Å². The predicted octanol–water partition coefficient (Wildman–Crippen LogP) is 16.0. The number of hydrogen-bond acceptors (Lipinski definition) is 23. The Kier molecular flexibility index (Phi) is 36.4. The molecule has 4 aliphatic heterocycles. The molecular weight excluding hydrogens is 1950 g/mol. The van der Waals surface area contributed by atoms with Gasteiger partial charge in [-0.15, -0.1) is 22.7 Å². The number of carbonyl (C=O) groups is 10. The van der Waals surface area contributed by atoms with Gasteiger partial charge in [0.25, 0.3) is 11.8 Å². The average Bonchev–Trinajstić information content (AvgIpc) is 1.77. The SMILES string of the molecule is C[C@@H]1CN(c2ccc(-c3ccc(C(=O)O)cc3F)cc2NC(=O)c2c[nH]c(=O)cc2C(F)(F)F)C[C@H](C)N1C.Cc1ncsc1-c1ccc(CNC(=O)[C@@H]2C[C@@H](O)CN2C(=O)[C@@H](CC(=O)CCCC(=O)c2ccc(-c3ccc(N4C[C@@H](C)N(C)[C@@H](C)C4)c(NC(=O)c4c[nH]c(=O)cc4C(F)(F)F)c3)c(F)c2)C(C)(C)C)cc1.Cc1ncsc1-c1ccc(CNC(=O)[C@@H]2C[C@@H](O)CN2C(=O)[C@@H](CC(=O)CCN)C(C)(C)C)cc1. The van der Waals surface area contributed by atoms with Crippen molar-refractivity contribution in [1.82, 2.24) is 50.2 Å². The highest BCUT2D eigenvalue weighted by molar-refractivity contribution is 7.13. The number of halogens is 8. The van der Waals surface area contributed by atoms with E-state index < -0.39 is 140 Å². The van der Waals surface area contributed by atoms with Crippen molar-refractivity contribution >= 4 is 104 Å². The van der Waals surface area contributed by atoms with Gasteiger partial charge in [-0.2, -0.15) is 26.3 Å². The van der Waals surface area contributed by atoms with E-state index in [1.54, 1.807) is 52.4 Å². The summed E-state index contributed by atoms with van der Waals surface area (Å²) in [6.07, 6.45) is -9.95. The number of aromatic amines is 2. The number of anilines is 4. The number of alkyl halides is 6. The number of nitrogens with zero attached hydrogens (tertiary/aromatic N) is 8. The van der Waals surface area contributed by atoms with Gasteiger partial charge in [-0.3, -0.25) is 62.5 Å². The molecule has 0 aliphatic carbocycles. The van der Waals surface area contributed by atoms with Crippen LogP contribution in [0.15, 0.2) is 166 Å². The number of nitrogens with one attached hydrogen (secondary N) is 6. The van der Waals surface area contributed by atoms with Gasteiger partial charge >= 0.3 is 18.3 Å². The number of piperazine rings is 2. The summed E-state index contributed by atoms with van der Waals surface area (Å²) in [4.78, 5) is 181. The fourth-order valence-electron chi connectivity index (χ4n) is 18.6. The molecule has 784 valence electrons. The lowest BCUT2D eigenvalue weighted by Gasteiger charge is -2.44. The van der Waals surface area contributed by atoms with Crippen LogP contribution < -0.4 is 47.9 Å². The predicted molar refractivity (Wildman–Crippen MR) is 546 cm³/mol. The number of hydrogen-bond donors (Lipinski definition) is 10. The summed E-state index contributed by atoms with van der Waals surface area (Å²) >= 11 is 3.13. The number of aryl methyl sites for hydroxylation is 2. The molecule has 0 saturated carbocycles. The Balaban J connectivity index is 0.000000217. The number of likely N-dealkylation sites (N-methyl/N-ethyl adjacent to an activating group) is 2. The van der Waals surface area contributed by atoms with Crippen molar-refractivity contribution in [2.45, 2.75) is 208 Å². The number of aromatic nitrogens is 4. The zero-order chi connectivity index (χ0) is 107. The Bertz CT molecular complexity index is 6610. The van der Waals surface area contributed by atoms with Gasteiger partial charge in [0.2, 0.25) is 34.7 Å². The van der Waals surface area contributed by atoms with Crippen molar-refractivity contribution < 1.29 is 98.4 Å². The summed E-state index contributed by atoms with van der Waals surface area (Å²) in [6.45, 7) is 26.1. The number of carboxylic acid groups (broad SMARTS) is 1. The largest absolute Gasteiger partial charge is 0.478 e. The Morgan fingerprint density at radius 3 is 1.20 bits per heavy atom. The molecular formula is C107H123F8N15O15S2. The topological polar surface area (TPSA) is 416 Å². The number of Topliss-reactive ketones (excluding diaryl/α,β-unsaturated/α-hetero) is 3. The third-order valence-electron chi connectivity index (χ3n) is 27.4. The zero-order valence-corrected chi connectivity index (χ0v) is 85.7. The van der Waals surface area contributed by atoms with Crippen molar-refractivity contribution in [2.75, 3.05) is 80.3 Å². The summed E-state index contributed by atoms with van der Waals surface area (Å²) in [6, 6.07) is 31.6. The Morgan fingerprint density at radius 1 is 0.490 bits per heavy atom. The molecule has 4 fully saturated rings. The number of carbonyl (C=O) groups excluding carboxylic acids is 9. The molecule has 0 spiro atoms. The number of carboxylic acids is 1. The quantitative estimate of drug-likeness (QED) is 0.0148. The van der Waals surface area contributed by atoms with Gasteiger partial charge in [0.05, 0.1) is 94.9 Å². The lowest BCUT2D eigenvalue weighted by Crippen LogP contribution is -2.55. The maximum Gasteiger partial charge on any atom is 0.417 e. The standard InChI is InChI=1S/C54H61F4N7O7S.C27H26F4N4O4.C26H36N4O4S/c1-30-26-64(27-31(2)63(30)7)45-18-16-35(20-44(45)62-50(70)40-25-59-48(69)23-41(40)54(56,57)58)39-17-15-36(19-43(39)55)47(68)10-8-9-37(66)21-42(53(4,5)6)52(72)65-28-38(67)22-46(65)51(71)60-24-33-11-13-34(14-12-33)49-32(3)61-29-73-49;1-14-12-35(13-15(2)34(14)3)23-7-5-16(18-6-4-17(26(38)39)8-21(18)28)9-22(23)33-25(37)19-11-32-24(36)10-20(19)27(29,30)31;1-16-23(35-15-29-16)18-7-5-17(6-8-18)13-28-24(33)22-12-20(32)14-30(22)25(34)21(26(2,3)4)11-19(31)9-10-27/h11-20,23,25,29-31,38,42,46,67H,8-10,21-22,24,26-28H2,1-7H3,(H,59,69)(H,60,71)(H,62,70);4-11,14-15H,12-13H2,1-3H3,(H,32,36)(H,33,37)(H,38,39);5-8,15,20-22,32H,9-14,27H2,1-4H3,(H,28,33)/t30-,31+,38-,42-,46+;14-,15+;20-,21-,22+/m1.1/s1. The van der Waals surface area contributed by atoms with E-state index in [1.165, 1.54) is 46.2 Å². The Hall–Kier alpha value is -13.4. The lowest BCUT2D eigenvalue weighted by molar-refractivity contribution is -0.146. The molecule has 0 unspecified atom stereocenters. The van der Waals surface area contributed by atoms with Gasteiger partial charge in [0, 0.05) is 175 Å². The highest BCUT2D eigenvalue weighted by Gasteiger charge is 2.48. The summed E-state index contributed by atoms with van der Waals surface area (Å²) in [5.74, 6) is -8.79. The second-order valence-electron chi connectivity index (χ2n) is 40.1. The van der Waals surface area contributed by atoms with Crippen molar-refractivity contribution in [3.63, 3.8) is 0 Å². The molecule has 30 nitrogen and oxygen atoms in total.